The van der Waals surface area contributed by atoms with E-state index in [9.17, 15) is 15.0 Å². The Bertz CT molecular complexity index is 604. The number of hydrogen-bond donors (Lipinski definition) is 5. The van der Waals surface area contributed by atoms with Gasteiger partial charge in [0.25, 0.3) is 5.91 Å². The number of nitrogens with zero attached hydrogens (tertiary/aromatic N) is 2. The van der Waals surface area contributed by atoms with Crippen molar-refractivity contribution in [3.63, 3.8) is 0 Å². The van der Waals surface area contributed by atoms with Crippen LogP contribution < -0.4 is 5.32 Å². The van der Waals surface area contributed by atoms with Crippen LogP contribution in [0.2, 0.25) is 0 Å². The smallest absolute Gasteiger partial charge is 0.258 e. The summed E-state index contributed by atoms with van der Waals surface area (Å²) < 4.78 is 0. The van der Waals surface area contributed by atoms with E-state index in [1.807, 2.05) is 0 Å². The highest BCUT2D eigenvalue weighted by atomic mass is 16.3. The molecular weight excluding hydrogens is 254 g/mol. The molecule has 2 rings (SSSR count). The number of aromatic hydroxyl groups is 4. The summed E-state index contributed by atoms with van der Waals surface area (Å²) in [5, 5.41) is 38.9. The third-order valence-electron chi connectivity index (χ3n) is 2.09. The van der Waals surface area contributed by atoms with Gasteiger partial charge in [0.15, 0.2) is 0 Å². The van der Waals surface area contributed by atoms with Crippen LogP contribution in [0.3, 0.4) is 0 Å². The predicted molar refractivity (Wildman–Crippen MR) is 63.1 cm³/mol. The molecule has 98 valence electrons. The largest absolute Gasteiger partial charge is 0.508 e. The predicted octanol–water partition coefficient (Wildman–Crippen LogP) is 0.551. The van der Waals surface area contributed by atoms with Crippen molar-refractivity contribution in [3.8, 4) is 23.3 Å². The minimum Gasteiger partial charge on any atom is -0.508 e. The number of benzene rings is 1. The van der Waals surface area contributed by atoms with Crippen LogP contribution in [-0.4, -0.2) is 36.3 Å². The number of anilines is 1. The second kappa shape index (κ2) is 4.69. The SMILES string of the molecule is O=C(Nc1nc(O)cc(O)n1)c1cc(O)cc(O)c1. The van der Waals surface area contributed by atoms with E-state index in [-0.39, 0.29) is 23.0 Å². The molecule has 0 unspecified atom stereocenters. The highest BCUT2D eigenvalue weighted by molar-refractivity contribution is 6.03. The molecule has 1 heterocycles. The summed E-state index contributed by atoms with van der Waals surface area (Å²) in [6.07, 6.45) is 0. The van der Waals surface area contributed by atoms with Crippen LogP contribution in [0.25, 0.3) is 0 Å². The van der Waals surface area contributed by atoms with Gasteiger partial charge in [-0.05, 0) is 12.1 Å². The van der Waals surface area contributed by atoms with Gasteiger partial charge in [0, 0.05) is 11.6 Å². The maximum absolute atomic E-state index is 11.8. The van der Waals surface area contributed by atoms with E-state index < -0.39 is 17.7 Å². The van der Waals surface area contributed by atoms with Crippen LogP contribution in [-0.2, 0) is 0 Å². The molecule has 5 N–H and O–H groups in total. The topological polar surface area (TPSA) is 136 Å². The Hall–Kier alpha value is -3.03. The highest BCUT2D eigenvalue weighted by Gasteiger charge is 2.11. The van der Waals surface area contributed by atoms with Gasteiger partial charge < -0.3 is 20.4 Å². The summed E-state index contributed by atoms with van der Waals surface area (Å²) in [5.74, 6) is -2.64. The number of nitrogens with one attached hydrogen (secondary N) is 1. The van der Waals surface area contributed by atoms with Crippen molar-refractivity contribution >= 4 is 11.9 Å². The van der Waals surface area contributed by atoms with Gasteiger partial charge in [0.05, 0.1) is 6.07 Å². The third kappa shape index (κ3) is 3.00. The molecule has 1 amide bonds. The van der Waals surface area contributed by atoms with E-state index in [0.29, 0.717) is 0 Å². The number of phenolic OH excluding ortho intramolecular Hbond substituents is 2. The summed E-state index contributed by atoms with van der Waals surface area (Å²) in [6, 6.07) is 4.21. The number of hydrogen-bond acceptors (Lipinski definition) is 7. The molecule has 0 saturated carbocycles. The Morgan fingerprint density at radius 3 is 1.95 bits per heavy atom. The monoisotopic (exact) mass is 263 g/mol. The Morgan fingerprint density at radius 2 is 1.42 bits per heavy atom. The molecule has 2 aromatic rings. The van der Waals surface area contributed by atoms with Gasteiger partial charge in [-0.15, -0.1) is 0 Å². The second-order valence-corrected chi connectivity index (χ2v) is 3.60. The van der Waals surface area contributed by atoms with Crippen LogP contribution >= 0.6 is 0 Å². The molecule has 0 spiro atoms. The Labute approximate surface area is 106 Å². The summed E-state index contributed by atoms with van der Waals surface area (Å²) >= 11 is 0. The van der Waals surface area contributed by atoms with Gasteiger partial charge in [0.1, 0.15) is 11.5 Å². The molecule has 0 saturated heterocycles. The molecule has 8 heteroatoms. The van der Waals surface area contributed by atoms with Crippen LogP contribution in [0.15, 0.2) is 24.3 Å². The quantitative estimate of drug-likeness (QED) is 0.533. The Morgan fingerprint density at radius 1 is 0.895 bits per heavy atom. The number of carbonyl (C=O) groups excluding carboxylic acids is 1. The lowest BCUT2D eigenvalue weighted by atomic mass is 10.2. The zero-order valence-electron chi connectivity index (χ0n) is 9.40. The zero-order valence-corrected chi connectivity index (χ0v) is 9.40. The summed E-state index contributed by atoms with van der Waals surface area (Å²) in [7, 11) is 0. The first-order valence-corrected chi connectivity index (χ1v) is 5.05. The van der Waals surface area contributed by atoms with E-state index in [2.05, 4.69) is 15.3 Å². The summed E-state index contributed by atoms with van der Waals surface area (Å²) in [4.78, 5) is 18.7. The molecule has 0 atom stereocenters. The van der Waals surface area contributed by atoms with Gasteiger partial charge in [-0.2, -0.15) is 9.97 Å². The standard InChI is InChI=1S/C11H9N3O5/c15-6-1-5(2-7(16)3-6)10(19)14-11-12-8(17)4-9(18)13-11/h1-4,15-16H,(H3,12,13,14,17,18,19). The normalized spacial score (nSPS) is 10.1. The van der Waals surface area contributed by atoms with Crippen molar-refractivity contribution in [2.45, 2.75) is 0 Å². The van der Waals surface area contributed by atoms with Crippen LogP contribution in [0.5, 0.6) is 23.3 Å². The van der Waals surface area contributed by atoms with Crippen molar-refractivity contribution in [1.29, 1.82) is 0 Å². The number of amides is 1. The molecule has 1 aromatic heterocycles. The van der Waals surface area contributed by atoms with Crippen molar-refractivity contribution in [2.24, 2.45) is 0 Å². The molecule has 0 bridgehead atoms. The molecule has 8 nitrogen and oxygen atoms in total. The fourth-order valence-electron chi connectivity index (χ4n) is 1.38. The zero-order chi connectivity index (χ0) is 14.0. The lowest BCUT2D eigenvalue weighted by Crippen LogP contribution is -2.14. The molecule has 0 radical (unpaired) electrons. The number of phenols is 2. The summed E-state index contributed by atoms with van der Waals surface area (Å²) in [6.45, 7) is 0. The number of carbonyl (C=O) groups is 1. The second-order valence-electron chi connectivity index (χ2n) is 3.60. The number of rotatable bonds is 2. The van der Waals surface area contributed by atoms with Gasteiger partial charge >= 0.3 is 0 Å². The molecule has 0 aliphatic rings. The van der Waals surface area contributed by atoms with E-state index in [0.717, 1.165) is 24.3 Å². The lowest BCUT2D eigenvalue weighted by Gasteiger charge is -2.05. The average Bonchev–Trinajstić information content (AvgIpc) is 2.25. The maximum Gasteiger partial charge on any atom is 0.258 e. The van der Waals surface area contributed by atoms with Crippen molar-refractivity contribution in [3.05, 3.63) is 29.8 Å². The van der Waals surface area contributed by atoms with Crippen molar-refractivity contribution < 1.29 is 25.2 Å². The maximum atomic E-state index is 11.8. The van der Waals surface area contributed by atoms with Gasteiger partial charge in [-0.1, -0.05) is 0 Å². The van der Waals surface area contributed by atoms with E-state index >= 15 is 0 Å². The number of aromatic nitrogens is 2. The average molecular weight is 263 g/mol. The molecular formula is C11H9N3O5. The minimum atomic E-state index is -0.726. The molecule has 0 aliphatic heterocycles. The molecule has 0 aliphatic carbocycles. The highest BCUT2D eigenvalue weighted by Crippen LogP contribution is 2.21. The fraction of sp³-hybridized carbons (Fsp3) is 0. The van der Waals surface area contributed by atoms with Crippen LogP contribution in [0.4, 0.5) is 5.95 Å². The van der Waals surface area contributed by atoms with E-state index in [1.165, 1.54) is 0 Å². The Balaban J connectivity index is 2.25. The van der Waals surface area contributed by atoms with Gasteiger partial charge in [0.2, 0.25) is 17.7 Å². The molecule has 1 aromatic carbocycles. The minimum absolute atomic E-state index is 0.0380. The van der Waals surface area contributed by atoms with Crippen LogP contribution in [0, 0.1) is 0 Å². The van der Waals surface area contributed by atoms with E-state index in [1.54, 1.807) is 0 Å². The van der Waals surface area contributed by atoms with Crippen LogP contribution in [0.1, 0.15) is 10.4 Å². The van der Waals surface area contributed by atoms with Gasteiger partial charge in [-0.25, -0.2) is 0 Å². The molecule has 0 fully saturated rings. The van der Waals surface area contributed by atoms with Gasteiger partial charge in [-0.3, -0.25) is 10.1 Å². The molecule has 19 heavy (non-hydrogen) atoms. The first-order valence-electron chi connectivity index (χ1n) is 5.05. The fourth-order valence-corrected chi connectivity index (χ4v) is 1.38. The lowest BCUT2D eigenvalue weighted by molar-refractivity contribution is 0.102. The van der Waals surface area contributed by atoms with E-state index in [4.69, 9.17) is 10.2 Å². The first-order chi connectivity index (χ1) is 8.94. The third-order valence-corrected chi connectivity index (χ3v) is 2.09. The summed E-state index contributed by atoms with van der Waals surface area (Å²) in [5.41, 5.74) is -0.0380. The van der Waals surface area contributed by atoms with Crippen molar-refractivity contribution in [1.82, 2.24) is 9.97 Å². The first kappa shape index (κ1) is 12.4. The van der Waals surface area contributed by atoms with Crippen molar-refractivity contribution in [2.75, 3.05) is 5.32 Å². The Kier molecular flexibility index (Phi) is 3.06.